The van der Waals surface area contributed by atoms with E-state index in [1.165, 1.54) is 223 Å². The molecule has 1 N–H and O–H groups in total. The highest BCUT2D eigenvalue weighted by Gasteiger charge is 2.14. The number of aryl methyl sites for hydroxylation is 2. The minimum absolute atomic E-state index is 0.00555. The molecular weight excluding hydrogens is 1400 g/mol. The van der Waals surface area contributed by atoms with Crippen molar-refractivity contribution in [1.29, 1.82) is 0 Å². The van der Waals surface area contributed by atoms with Gasteiger partial charge in [-0.05, 0) is 148 Å². The highest BCUT2D eigenvalue weighted by Crippen LogP contribution is 2.39. The maximum absolute atomic E-state index is 12.3. The first-order valence-corrected chi connectivity index (χ1v) is 40.6. The summed E-state index contributed by atoms with van der Waals surface area (Å²) in [4.78, 5) is 47.9. The van der Waals surface area contributed by atoms with Gasteiger partial charge >= 0.3 is 5.97 Å². The van der Waals surface area contributed by atoms with E-state index in [0.717, 1.165) is 61.3 Å². The lowest BCUT2D eigenvalue weighted by Gasteiger charge is -2.23. The average Bonchev–Trinajstić information content (AvgIpc) is 0.834. The molecule has 0 bridgehead atoms. The number of benzene rings is 6. The Morgan fingerprint density at radius 2 is 0.679 bits per heavy atom. The number of carbonyl (C=O) groups is 2. The van der Waals surface area contributed by atoms with Crippen molar-refractivity contribution >= 4 is 91.1 Å². The molecule has 0 heterocycles. The molecule has 6 aromatic rings. The van der Waals surface area contributed by atoms with Gasteiger partial charge < -0.3 is 29.1 Å². The van der Waals surface area contributed by atoms with Crippen LogP contribution in [-0.4, -0.2) is 79.8 Å². The van der Waals surface area contributed by atoms with Gasteiger partial charge in [-0.25, -0.2) is 0 Å². The monoisotopic (exact) mass is 1520 g/mol. The fourth-order valence-electron chi connectivity index (χ4n) is 12.2. The molecular formula is C86H125ClN12O10. The number of ether oxygens (including phenoxy) is 3. The lowest BCUT2D eigenvalue weighted by Crippen LogP contribution is -2.27. The molecule has 0 atom stereocenters. The third-order valence-electron chi connectivity index (χ3n) is 18.9. The van der Waals surface area contributed by atoms with E-state index in [0.29, 0.717) is 89.5 Å². The first-order valence-electron chi connectivity index (χ1n) is 40.2. The zero-order valence-electron chi connectivity index (χ0n) is 66.7. The van der Waals surface area contributed by atoms with E-state index in [4.69, 9.17) is 25.8 Å². The van der Waals surface area contributed by atoms with Crippen LogP contribution in [0.3, 0.4) is 0 Å². The van der Waals surface area contributed by atoms with Crippen LogP contribution >= 0.6 is 11.6 Å². The van der Waals surface area contributed by atoms with E-state index in [1.807, 2.05) is 75.4 Å². The molecule has 0 spiro atoms. The molecule has 0 fully saturated rings. The molecule has 596 valence electrons. The van der Waals surface area contributed by atoms with Crippen LogP contribution in [0, 0.1) is 34.1 Å². The molecule has 0 radical (unpaired) electrons. The van der Waals surface area contributed by atoms with Crippen LogP contribution in [0.1, 0.15) is 257 Å². The summed E-state index contributed by atoms with van der Waals surface area (Å²) in [5, 5.41) is 65.0. The van der Waals surface area contributed by atoms with Crippen molar-refractivity contribution in [2.75, 3.05) is 63.4 Å². The van der Waals surface area contributed by atoms with Gasteiger partial charge in [-0.1, -0.05) is 206 Å². The predicted octanol–water partition coefficient (Wildman–Crippen LogP) is 27.7. The molecule has 0 aliphatic carbocycles. The van der Waals surface area contributed by atoms with Crippen LogP contribution in [0.5, 0.6) is 11.5 Å². The molecule has 0 amide bonds. The van der Waals surface area contributed by atoms with Crippen LogP contribution in [0.15, 0.2) is 162 Å². The SMILES string of the molecule is CCCCCCCCCCCCCCCCCCC(=O)Cl.CCCCCCCCCCCCCCCCCCC(=O)OCCN(CC)c1ccc(N=Nc2cc(C)c(N=Nc3ccc([N+](=O)[O-])cc3)cc2OC)cc1.CCN(CCO)c1ccc(N=Nc2cc(C)c(N=Nc3ccc([N+](=O)[O-])cc3)cc2OC)cc1. The third kappa shape index (κ3) is 40.4. The number of nitro benzene ring substituents is 2. The minimum Gasteiger partial charge on any atom is -0.494 e. The van der Waals surface area contributed by atoms with Crippen molar-refractivity contribution in [2.45, 2.75) is 260 Å². The average molecular weight is 1520 g/mol. The van der Waals surface area contributed by atoms with Gasteiger partial charge in [0, 0.05) is 80.2 Å². The van der Waals surface area contributed by atoms with E-state index in [9.17, 15) is 34.9 Å². The Bertz CT molecular complexity index is 3620. The zero-order chi connectivity index (χ0) is 78.9. The van der Waals surface area contributed by atoms with Crippen molar-refractivity contribution in [1.82, 2.24) is 0 Å². The number of azo groups is 4. The quantitative estimate of drug-likeness (QED) is 0.00932. The van der Waals surface area contributed by atoms with Gasteiger partial charge in [-0.3, -0.25) is 29.8 Å². The number of hydrogen-bond acceptors (Lipinski definition) is 20. The molecule has 0 saturated heterocycles. The summed E-state index contributed by atoms with van der Waals surface area (Å²) in [6.45, 7) is 15.6. The number of anilines is 2. The maximum Gasteiger partial charge on any atom is 0.305 e. The number of methoxy groups -OCH3 is 2. The van der Waals surface area contributed by atoms with Gasteiger partial charge in [-0.15, -0.1) is 10.2 Å². The molecule has 0 aliphatic heterocycles. The van der Waals surface area contributed by atoms with E-state index in [-0.39, 0.29) is 29.2 Å². The number of carbonyl (C=O) groups excluding carboxylic acids is 2. The Morgan fingerprint density at radius 3 is 0.963 bits per heavy atom. The van der Waals surface area contributed by atoms with Crippen LogP contribution in [0.4, 0.5) is 68.2 Å². The van der Waals surface area contributed by atoms with E-state index in [1.54, 1.807) is 37.4 Å². The molecule has 6 aromatic carbocycles. The van der Waals surface area contributed by atoms with Crippen LogP contribution in [-0.2, 0) is 14.3 Å². The molecule has 23 heteroatoms. The number of hydrogen-bond donors (Lipinski definition) is 1. The lowest BCUT2D eigenvalue weighted by molar-refractivity contribution is -0.385. The molecule has 0 aliphatic rings. The van der Waals surface area contributed by atoms with Crippen LogP contribution in [0.2, 0.25) is 0 Å². The Kier molecular flexibility index (Phi) is 49.3. The highest BCUT2D eigenvalue weighted by molar-refractivity contribution is 6.63. The Balaban J connectivity index is 0.000000387. The number of unbranched alkanes of at least 4 members (excludes halogenated alkanes) is 30. The number of non-ortho nitro benzene ring substituents is 2. The highest BCUT2D eigenvalue weighted by atomic mass is 35.5. The molecule has 0 aromatic heterocycles. The second-order valence-corrected chi connectivity index (χ2v) is 28.0. The largest absolute Gasteiger partial charge is 0.494 e. The van der Waals surface area contributed by atoms with Gasteiger partial charge in [0.2, 0.25) is 5.24 Å². The van der Waals surface area contributed by atoms with Gasteiger partial charge in [0.15, 0.2) is 0 Å². The van der Waals surface area contributed by atoms with Gasteiger partial charge in [0.05, 0.1) is 71.3 Å². The van der Waals surface area contributed by atoms with E-state index >= 15 is 0 Å². The standard InChI is InChI=1S/C43H62N6O5.C24H26N6O4.C19H37ClO/c1-5-7-8-9-10-11-12-13-14-15-16-17-18-19-20-21-22-43(50)54-32-31-48(6-2)38-27-23-36(24-28-38)45-47-41-33-35(3)40(34-42(41)53-4)46-44-37-25-29-39(30-26-37)49(51)52;1-4-29(13-14-31)20-9-5-18(6-10-20)26-28-23-15-17(2)22(16-24(23)34-3)27-25-19-7-11-21(12-8-19)30(32)33;1-2-3-4-5-6-7-8-9-10-11-12-13-14-15-16-17-18-19(20)21/h23-30,33-34H,5-22,31-32H2,1-4H3;5-12,15-16,31H,4,13-14H2,1-3H3;2-18H2,1H3. The fourth-order valence-corrected chi connectivity index (χ4v) is 12.4. The fraction of sp³-hybridized carbons (Fsp3) is 0.558. The minimum atomic E-state index is -0.464. The number of nitro groups is 2. The first kappa shape index (κ1) is 92.5. The molecule has 109 heavy (non-hydrogen) atoms. The Labute approximate surface area is 654 Å². The summed E-state index contributed by atoms with van der Waals surface area (Å²) < 4.78 is 16.6. The number of nitrogens with zero attached hydrogens (tertiary/aromatic N) is 12. The summed E-state index contributed by atoms with van der Waals surface area (Å²) >= 11 is 5.30. The molecule has 6 rings (SSSR count). The van der Waals surface area contributed by atoms with Crippen molar-refractivity contribution in [2.24, 2.45) is 40.9 Å². The number of esters is 1. The third-order valence-corrected chi connectivity index (χ3v) is 19.0. The second kappa shape index (κ2) is 58.1. The number of likely N-dealkylation sites (N-methyl/N-ethyl adjacent to an activating group) is 2. The van der Waals surface area contributed by atoms with Gasteiger partial charge in [-0.2, -0.15) is 30.7 Å². The normalized spacial score (nSPS) is 11.3. The lowest BCUT2D eigenvalue weighted by atomic mass is 10.0. The zero-order valence-corrected chi connectivity index (χ0v) is 67.5. The molecule has 0 unspecified atom stereocenters. The summed E-state index contributed by atoms with van der Waals surface area (Å²) in [7, 11) is 3.09. The van der Waals surface area contributed by atoms with Crippen molar-refractivity contribution < 1.29 is 38.8 Å². The van der Waals surface area contributed by atoms with Crippen molar-refractivity contribution in [3.8, 4) is 11.5 Å². The first-order chi connectivity index (χ1) is 53.1. The van der Waals surface area contributed by atoms with Crippen LogP contribution in [0.25, 0.3) is 0 Å². The van der Waals surface area contributed by atoms with Gasteiger partial charge in [0.1, 0.15) is 29.5 Å². The van der Waals surface area contributed by atoms with Crippen molar-refractivity contribution in [3.63, 3.8) is 0 Å². The number of halogens is 1. The summed E-state index contributed by atoms with van der Waals surface area (Å²) in [6.07, 6.45) is 43.8. The Morgan fingerprint density at radius 1 is 0.394 bits per heavy atom. The number of aliphatic hydroxyl groups is 1. The smallest absolute Gasteiger partial charge is 0.305 e. The van der Waals surface area contributed by atoms with Gasteiger partial charge in [0.25, 0.3) is 11.4 Å². The number of aliphatic hydroxyl groups excluding tert-OH is 1. The summed E-state index contributed by atoms with van der Waals surface area (Å²) in [5.74, 6) is 0.863. The predicted molar refractivity (Wildman–Crippen MR) is 444 cm³/mol. The topological polar surface area (TPSA) is 274 Å². The maximum atomic E-state index is 12.3. The van der Waals surface area contributed by atoms with E-state index < -0.39 is 9.85 Å². The summed E-state index contributed by atoms with van der Waals surface area (Å²) in [5.41, 5.74) is 8.27. The van der Waals surface area contributed by atoms with Crippen LogP contribution < -0.4 is 19.3 Å². The van der Waals surface area contributed by atoms with Crippen molar-refractivity contribution in [3.05, 3.63) is 153 Å². The second-order valence-electron chi connectivity index (χ2n) is 27.6. The number of rotatable bonds is 55. The van der Waals surface area contributed by atoms with E-state index in [2.05, 4.69) is 71.5 Å². The molecule has 0 saturated carbocycles. The Hall–Kier alpha value is -8.89. The molecule has 22 nitrogen and oxygen atoms in total. The summed E-state index contributed by atoms with van der Waals surface area (Å²) in [6, 6.07) is 34.1.